The summed E-state index contributed by atoms with van der Waals surface area (Å²) in [6.07, 6.45) is -22.2. The fraction of sp³-hybridized carbons (Fsp3) is 1.00. The van der Waals surface area contributed by atoms with Gasteiger partial charge in [-0.15, -0.1) is 0 Å². The minimum Gasteiger partial charge on any atom is -0.394 e. The van der Waals surface area contributed by atoms with Gasteiger partial charge in [-0.1, -0.05) is 34.6 Å². The average Bonchev–Trinajstić information content (AvgIpc) is 3.92. The quantitative estimate of drug-likeness (QED) is 0.0818. The second-order valence-electron chi connectivity index (χ2n) is 23.9. The SMILES string of the molecule is CC(CCC(O)C(C)(C)O)C1C(O)CC2(C)C3CCC4C(C)(C)C(OC5OC(CO)C(O)C(O)C5OC5OC(CO)C(O)C(OC6OC(CO)C(O)C(O)C6O)C5O)CCC45CC35C(O)CC12C. The number of hydrogen-bond acceptors (Lipinski definition) is 20. The van der Waals surface area contributed by atoms with E-state index in [1.807, 2.05) is 0 Å². The molecule has 8 fully saturated rings. The first-order valence-corrected chi connectivity index (χ1v) is 25.0. The zero-order valence-electron chi connectivity index (χ0n) is 40.5. The zero-order chi connectivity index (χ0) is 50.0. The molecule has 8 aliphatic rings. The molecule has 0 aromatic carbocycles. The predicted octanol–water partition coefficient (Wildman–Crippen LogP) is -2.25. The van der Waals surface area contributed by atoms with Gasteiger partial charge in [-0.3, -0.25) is 0 Å². The van der Waals surface area contributed by atoms with Crippen LogP contribution in [-0.4, -0.2) is 213 Å². The minimum absolute atomic E-state index is 0.0351. The van der Waals surface area contributed by atoms with Crippen molar-refractivity contribution in [1.82, 2.24) is 0 Å². The van der Waals surface area contributed by atoms with Gasteiger partial charge in [0.05, 0.1) is 49.8 Å². The van der Waals surface area contributed by atoms with Crippen molar-refractivity contribution in [2.75, 3.05) is 19.8 Å². The summed E-state index contributed by atoms with van der Waals surface area (Å²) in [5.41, 5.74) is -3.08. The maximum atomic E-state index is 12.6. The molecule has 5 saturated carbocycles. The molecule has 3 aliphatic heterocycles. The summed E-state index contributed by atoms with van der Waals surface area (Å²) in [7, 11) is 0. The highest BCUT2D eigenvalue weighted by atomic mass is 16.8. The fourth-order valence-corrected chi connectivity index (χ4v) is 16.0. The van der Waals surface area contributed by atoms with Gasteiger partial charge in [0.1, 0.15) is 73.2 Å². The van der Waals surface area contributed by atoms with Crippen LogP contribution < -0.4 is 0 Å². The smallest absolute Gasteiger partial charge is 0.187 e. The minimum atomic E-state index is -1.95. The van der Waals surface area contributed by atoms with E-state index in [-0.39, 0.29) is 45.3 Å². The van der Waals surface area contributed by atoms with Crippen molar-refractivity contribution >= 4 is 0 Å². The van der Waals surface area contributed by atoms with Crippen molar-refractivity contribution < 1.29 is 99.9 Å². The molecule has 394 valence electrons. The Labute approximate surface area is 398 Å². The number of fused-ring (bicyclic) bond motifs is 2. The van der Waals surface area contributed by atoms with Crippen LogP contribution in [0.3, 0.4) is 0 Å². The van der Waals surface area contributed by atoms with Crippen molar-refractivity contribution in [3.05, 3.63) is 0 Å². The fourth-order valence-electron chi connectivity index (χ4n) is 16.0. The number of ether oxygens (including phenoxy) is 6. The van der Waals surface area contributed by atoms with Gasteiger partial charge in [-0.25, -0.2) is 0 Å². The van der Waals surface area contributed by atoms with Crippen LogP contribution in [-0.2, 0) is 28.4 Å². The Kier molecular flexibility index (Phi) is 14.8. The second kappa shape index (κ2) is 18.8. The molecule has 3 saturated heterocycles. The molecule has 3 heterocycles. The highest BCUT2D eigenvalue weighted by molar-refractivity contribution is 5.33. The van der Waals surface area contributed by atoms with Gasteiger partial charge in [-0.05, 0) is 117 Å². The van der Waals surface area contributed by atoms with E-state index in [9.17, 15) is 71.5 Å². The van der Waals surface area contributed by atoms with Gasteiger partial charge in [0, 0.05) is 5.41 Å². The largest absolute Gasteiger partial charge is 0.394 e. The molecule has 5 aliphatic carbocycles. The molecular weight excluding hydrogens is 897 g/mol. The van der Waals surface area contributed by atoms with Crippen molar-refractivity contribution in [2.24, 2.45) is 50.7 Å². The van der Waals surface area contributed by atoms with Crippen LogP contribution in [0.15, 0.2) is 0 Å². The lowest BCUT2D eigenvalue weighted by Gasteiger charge is -2.64. The molecule has 20 nitrogen and oxygen atoms in total. The zero-order valence-corrected chi connectivity index (χ0v) is 40.5. The molecular formula is C48H82O20. The lowest BCUT2D eigenvalue weighted by Crippen LogP contribution is -2.67. The molecule has 0 bridgehead atoms. The molecule has 0 aromatic heterocycles. The molecule has 27 unspecified atom stereocenters. The lowest BCUT2D eigenvalue weighted by molar-refractivity contribution is -0.391. The second-order valence-corrected chi connectivity index (χ2v) is 23.9. The van der Waals surface area contributed by atoms with Crippen LogP contribution in [0.25, 0.3) is 0 Å². The van der Waals surface area contributed by atoms with E-state index >= 15 is 0 Å². The van der Waals surface area contributed by atoms with E-state index in [1.54, 1.807) is 13.8 Å². The maximum absolute atomic E-state index is 12.6. The lowest BCUT2D eigenvalue weighted by atomic mass is 9.41. The topological polar surface area (TPSA) is 339 Å². The highest BCUT2D eigenvalue weighted by Crippen LogP contribution is 2.89. The van der Waals surface area contributed by atoms with Crippen molar-refractivity contribution in [3.63, 3.8) is 0 Å². The van der Waals surface area contributed by atoms with Gasteiger partial charge in [0.2, 0.25) is 0 Å². The van der Waals surface area contributed by atoms with Gasteiger partial charge < -0.3 is 99.9 Å². The van der Waals surface area contributed by atoms with Gasteiger partial charge in [0.25, 0.3) is 0 Å². The summed E-state index contributed by atoms with van der Waals surface area (Å²) in [6.45, 7) is 11.8. The van der Waals surface area contributed by atoms with E-state index in [1.165, 1.54) is 0 Å². The Morgan fingerprint density at radius 1 is 0.603 bits per heavy atom. The first-order chi connectivity index (χ1) is 31.7. The molecule has 27 atom stereocenters. The molecule has 8 rings (SSSR count). The van der Waals surface area contributed by atoms with E-state index < -0.39 is 147 Å². The first kappa shape index (κ1) is 53.5. The summed E-state index contributed by atoms with van der Waals surface area (Å²) in [5.74, 6) is 0.136. The van der Waals surface area contributed by atoms with E-state index in [2.05, 4.69) is 34.6 Å². The third-order valence-electron chi connectivity index (χ3n) is 19.8. The Balaban J connectivity index is 1.00. The van der Waals surface area contributed by atoms with E-state index in [4.69, 9.17) is 28.4 Å². The summed E-state index contributed by atoms with van der Waals surface area (Å²) in [5, 5.41) is 152. The Hall–Kier alpha value is -0.800. The van der Waals surface area contributed by atoms with Crippen molar-refractivity contribution in [3.8, 4) is 0 Å². The Bertz CT molecular complexity index is 1750. The van der Waals surface area contributed by atoms with E-state index in [0.717, 1.165) is 19.3 Å². The van der Waals surface area contributed by atoms with Crippen LogP contribution in [0.1, 0.15) is 106 Å². The number of aliphatic hydroxyl groups is 14. The first-order valence-electron chi connectivity index (χ1n) is 25.0. The monoisotopic (exact) mass is 979 g/mol. The van der Waals surface area contributed by atoms with Crippen LogP contribution in [0.5, 0.6) is 0 Å². The van der Waals surface area contributed by atoms with E-state index in [0.29, 0.717) is 38.5 Å². The third-order valence-corrected chi connectivity index (χ3v) is 19.8. The van der Waals surface area contributed by atoms with Gasteiger partial charge in [-0.2, -0.15) is 0 Å². The summed E-state index contributed by atoms with van der Waals surface area (Å²) in [4.78, 5) is 0. The molecule has 68 heavy (non-hydrogen) atoms. The molecule has 0 radical (unpaired) electrons. The normalized spacial score (nSPS) is 54.2. The average molecular weight is 979 g/mol. The van der Waals surface area contributed by atoms with Crippen molar-refractivity contribution in [2.45, 2.75) is 228 Å². The number of rotatable bonds is 14. The standard InChI is InChI=1S/C48H82O20/c1-20(8-11-27(53)44(4,5)62)30-21(52)14-45(6)26-10-9-25-43(2,3)29(12-13-47(25)19-48(26,47)28(54)15-46(30,45)7)66-42-39(35(59)32(56)23(17-50)65-42)68-41-37(61)38(33(57)24(18-51)64-41)67-40-36(60)34(58)31(55)22(16-49)63-40/h20-42,49-62H,8-19H2,1-7H3. The molecule has 20 heteroatoms. The summed E-state index contributed by atoms with van der Waals surface area (Å²) in [6, 6.07) is 0. The van der Waals surface area contributed by atoms with Crippen LogP contribution in [0.2, 0.25) is 0 Å². The predicted molar refractivity (Wildman–Crippen MR) is 234 cm³/mol. The van der Waals surface area contributed by atoms with Gasteiger partial charge >= 0.3 is 0 Å². The summed E-state index contributed by atoms with van der Waals surface area (Å²) >= 11 is 0. The van der Waals surface area contributed by atoms with Gasteiger partial charge in [0.15, 0.2) is 18.9 Å². The molecule has 14 N–H and O–H groups in total. The summed E-state index contributed by atoms with van der Waals surface area (Å²) < 4.78 is 36.1. The van der Waals surface area contributed by atoms with Crippen LogP contribution >= 0.6 is 0 Å². The number of hydrogen-bond donors (Lipinski definition) is 14. The molecule has 0 amide bonds. The highest BCUT2D eigenvalue weighted by Gasteiger charge is 2.85. The van der Waals surface area contributed by atoms with Crippen molar-refractivity contribution in [1.29, 1.82) is 0 Å². The Morgan fingerprint density at radius 2 is 1.15 bits per heavy atom. The maximum Gasteiger partial charge on any atom is 0.187 e. The van der Waals surface area contributed by atoms with Crippen LogP contribution in [0, 0.1) is 50.7 Å². The third kappa shape index (κ3) is 8.18. The molecule has 0 aromatic rings. The Morgan fingerprint density at radius 3 is 1.75 bits per heavy atom. The number of aliphatic hydroxyl groups excluding tert-OH is 13. The van der Waals surface area contributed by atoms with Crippen LogP contribution in [0.4, 0.5) is 0 Å². The molecule has 2 spiro atoms.